The van der Waals surface area contributed by atoms with Gasteiger partial charge in [0.15, 0.2) is 11.0 Å². The van der Waals surface area contributed by atoms with Crippen LogP contribution in [0.25, 0.3) is 11.4 Å². The molecule has 0 saturated heterocycles. The van der Waals surface area contributed by atoms with E-state index >= 15 is 0 Å². The quantitative estimate of drug-likeness (QED) is 0.682. The number of carboxylic acid groups (broad SMARTS) is 1. The molecular formula is C18H17N3O3S. The van der Waals surface area contributed by atoms with Crippen molar-refractivity contribution in [1.29, 1.82) is 0 Å². The maximum absolute atomic E-state index is 10.9. The van der Waals surface area contributed by atoms with Crippen LogP contribution in [0.4, 0.5) is 0 Å². The van der Waals surface area contributed by atoms with Gasteiger partial charge in [0.1, 0.15) is 5.75 Å². The summed E-state index contributed by atoms with van der Waals surface area (Å²) >= 11 is 1.54. The van der Waals surface area contributed by atoms with E-state index < -0.39 is 5.97 Å². The van der Waals surface area contributed by atoms with Gasteiger partial charge in [-0.1, -0.05) is 36.0 Å². The van der Waals surface area contributed by atoms with Crippen LogP contribution in [0.5, 0.6) is 5.75 Å². The van der Waals surface area contributed by atoms with Crippen molar-refractivity contribution >= 4 is 17.7 Å². The van der Waals surface area contributed by atoms with Crippen LogP contribution in [-0.2, 0) is 12.8 Å². The van der Waals surface area contributed by atoms with Crippen molar-refractivity contribution in [2.45, 2.75) is 10.9 Å². The van der Waals surface area contributed by atoms with Gasteiger partial charge in [0.2, 0.25) is 0 Å². The highest BCUT2D eigenvalue weighted by Crippen LogP contribution is 2.30. The number of hydrogen-bond donors (Lipinski definition) is 1. The van der Waals surface area contributed by atoms with Crippen LogP contribution < -0.4 is 4.74 Å². The van der Waals surface area contributed by atoms with Crippen LogP contribution in [0.15, 0.2) is 53.7 Å². The fourth-order valence-corrected chi connectivity index (χ4v) is 3.26. The molecule has 0 unspecified atom stereocenters. The van der Waals surface area contributed by atoms with Crippen LogP contribution in [-0.4, -0.2) is 33.0 Å². The summed E-state index contributed by atoms with van der Waals surface area (Å²) in [4.78, 5) is 10.9. The number of rotatable bonds is 6. The summed E-state index contributed by atoms with van der Waals surface area (Å²) in [6.07, 6.45) is 0. The van der Waals surface area contributed by atoms with Gasteiger partial charge in [-0.15, -0.1) is 10.2 Å². The van der Waals surface area contributed by atoms with E-state index in [2.05, 4.69) is 10.2 Å². The summed E-state index contributed by atoms with van der Waals surface area (Å²) in [5, 5.41) is 18.3. The van der Waals surface area contributed by atoms with Crippen molar-refractivity contribution in [3.63, 3.8) is 0 Å². The minimum atomic E-state index is -0.922. The summed E-state index contributed by atoms with van der Waals surface area (Å²) in [5.74, 6) is 1.24. The fraction of sp³-hybridized carbons (Fsp3) is 0.167. The minimum absolute atomic E-state index is 0.283. The van der Waals surface area contributed by atoms with Crippen LogP contribution in [0.3, 0.4) is 0 Å². The second kappa shape index (κ2) is 7.40. The molecule has 1 aromatic heterocycles. The van der Waals surface area contributed by atoms with E-state index in [-0.39, 0.29) is 5.56 Å². The molecule has 7 heteroatoms. The van der Waals surface area contributed by atoms with Gasteiger partial charge in [0.05, 0.1) is 18.2 Å². The highest BCUT2D eigenvalue weighted by atomic mass is 32.2. The van der Waals surface area contributed by atoms with E-state index in [1.54, 1.807) is 31.0 Å². The van der Waals surface area contributed by atoms with Crippen molar-refractivity contribution in [3.8, 4) is 17.1 Å². The number of para-hydroxylation sites is 1. The SMILES string of the molecule is COc1ccccc1-c1nnc(SCc2ccc(C(=O)O)cc2)n1C. The zero-order chi connectivity index (χ0) is 17.8. The summed E-state index contributed by atoms with van der Waals surface area (Å²) in [5.41, 5.74) is 2.19. The number of aromatic nitrogens is 3. The van der Waals surface area contributed by atoms with E-state index in [1.165, 1.54) is 0 Å². The van der Waals surface area contributed by atoms with Crippen molar-refractivity contribution in [2.24, 2.45) is 7.05 Å². The second-order valence-corrected chi connectivity index (χ2v) is 6.30. The Morgan fingerprint density at radius 2 is 1.88 bits per heavy atom. The predicted octanol–water partition coefficient (Wildman–Crippen LogP) is 3.48. The van der Waals surface area contributed by atoms with Gasteiger partial charge in [-0.25, -0.2) is 4.79 Å². The van der Waals surface area contributed by atoms with Crippen molar-refractivity contribution in [2.75, 3.05) is 7.11 Å². The lowest BCUT2D eigenvalue weighted by atomic mass is 10.1. The van der Waals surface area contributed by atoms with E-state index in [0.29, 0.717) is 5.75 Å². The largest absolute Gasteiger partial charge is 0.496 e. The third kappa shape index (κ3) is 3.66. The molecule has 6 nitrogen and oxygen atoms in total. The highest BCUT2D eigenvalue weighted by molar-refractivity contribution is 7.98. The molecule has 3 aromatic rings. The molecule has 0 bridgehead atoms. The standard InChI is InChI=1S/C18H17N3O3S/c1-21-16(14-5-3-4-6-15(14)24-2)19-20-18(21)25-11-12-7-9-13(10-8-12)17(22)23/h3-10H,11H2,1-2H3,(H,22,23). The normalized spacial score (nSPS) is 10.6. The van der Waals surface area contributed by atoms with Crippen LogP contribution in [0.2, 0.25) is 0 Å². The molecule has 0 spiro atoms. The monoisotopic (exact) mass is 355 g/mol. The van der Waals surface area contributed by atoms with Gasteiger partial charge in [0, 0.05) is 12.8 Å². The Hall–Kier alpha value is -2.80. The molecule has 1 heterocycles. The predicted molar refractivity (Wildman–Crippen MR) is 96.0 cm³/mol. The van der Waals surface area contributed by atoms with E-state index in [0.717, 1.165) is 27.9 Å². The number of ether oxygens (including phenoxy) is 1. The Balaban J connectivity index is 1.76. The molecule has 0 atom stereocenters. The van der Waals surface area contributed by atoms with Crippen LogP contribution in [0, 0.1) is 0 Å². The summed E-state index contributed by atoms with van der Waals surface area (Å²) < 4.78 is 7.31. The van der Waals surface area contributed by atoms with Crippen LogP contribution >= 0.6 is 11.8 Å². The molecule has 128 valence electrons. The molecule has 0 aliphatic carbocycles. The third-order valence-corrected chi connectivity index (χ3v) is 4.84. The van der Waals surface area contributed by atoms with E-state index in [1.807, 2.05) is 48.0 Å². The summed E-state index contributed by atoms with van der Waals surface area (Å²) in [7, 11) is 3.54. The van der Waals surface area contributed by atoms with Gasteiger partial charge in [-0.05, 0) is 29.8 Å². The maximum atomic E-state index is 10.9. The maximum Gasteiger partial charge on any atom is 0.335 e. The third-order valence-electron chi connectivity index (χ3n) is 3.75. The first-order valence-electron chi connectivity index (χ1n) is 7.58. The Bertz CT molecular complexity index is 891. The smallest absolute Gasteiger partial charge is 0.335 e. The van der Waals surface area contributed by atoms with Crippen LogP contribution in [0.1, 0.15) is 15.9 Å². The van der Waals surface area contributed by atoms with Crippen molar-refractivity contribution < 1.29 is 14.6 Å². The highest BCUT2D eigenvalue weighted by Gasteiger charge is 2.14. The van der Waals surface area contributed by atoms with Gasteiger partial charge < -0.3 is 14.4 Å². The first-order valence-corrected chi connectivity index (χ1v) is 8.56. The molecule has 0 aliphatic rings. The Kier molecular flexibility index (Phi) is 5.04. The average molecular weight is 355 g/mol. The molecule has 0 amide bonds. The molecule has 25 heavy (non-hydrogen) atoms. The molecule has 2 aromatic carbocycles. The topological polar surface area (TPSA) is 77.2 Å². The number of benzene rings is 2. The Morgan fingerprint density at radius 1 is 1.16 bits per heavy atom. The van der Waals surface area contributed by atoms with Gasteiger partial charge in [0.25, 0.3) is 0 Å². The van der Waals surface area contributed by atoms with Gasteiger partial charge in [-0.3, -0.25) is 0 Å². The number of carbonyl (C=O) groups is 1. The van der Waals surface area contributed by atoms with Crippen molar-refractivity contribution in [3.05, 3.63) is 59.7 Å². The number of carboxylic acids is 1. The lowest BCUT2D eigenvalue weighted by Gasteiger charge is -2.08. The second-order valence-electron chi connectivity index (χ2n) is 5.36. The van der Waals surface area contributed by atoms with E-state index in [9.17, 15) is 4.79 Å². The lowest BCUT2D eigenvalue weighted by molar-refractivity contribution is 0.0697. The molecule has 1 N–H and O–H groups in total. The zero-order valence-electron chi connectivity index (χ0n) is 13.8. The van der Waals surface area contributed by atoms with Gasteiger partial charge >= 0.3 is 5.97 Å². The molecule has 0 fully saturated rings. The molecule has 0 radical (unpaired) electrons. The number of aromatic carboxylic acids is 1. The number of hydrogen-bond acceptors (Lipinski definition) is 5. The molecule has 3 rings (SSSR count). The van der Waals surface area contributed by atoms with Gasteiger partial charge in [-0.2, -0.15) is 0 Å². The molecule has 0 aliphatic heterocycles. The Labute approximate surface area is 149 Å². The summed E-state index contributed by atoms with van der Waals surface area (Å²) in [6.45, 7) is 0. The minimum Gasteiger partial charge on any atom is -0.496 e. The number of methoxy groups -OCH3 is 1. The lowest BCUT2D eigenvalue weighted by Crippen LogP contribution is -1.97. The molecule has 0 saturated carbocycles. The average Bonchev–Trinajstić information content (AvgIpc) is 3.00. The number of thioether (sulfide) groups is 1. The number of nitrogens with zero attached hydrogens (tertiary/aromatic N) is 3. The van der Waals surface area contributed by atoms with E-state index in [4.69, 9.17) is 9.84 Å². The molecular weight excluding hydrogens is 338 g/mol. The fourth-order valence-electron chi connectivity index (χ4n) is 2.40. The first kappa shape index (κ1) is 17.0. The van der Waals surface area contributed by atoms with Crippen molar-refractivity contribution in [1.82, 2.24) is 14.8 Å². The Morgan fingerprint density at radius 3 is 2.56 bits per heavy atom. The zero-order valence-corrected chi connectivity index (χ0v) is 14.7. The summed E-state index contributed by atoms with van der Waals surface area (Å²) in [6, 6.07) is 14.5. The first-order chi connectivity index (χ1) is 12.1.